The van der Waals surface area contributed by atoms with Crippen LogP contribution in [0, 0.1) is 13.8 Å². The van der Waals surface area contributed by atoms with Crippen molar-refractivity contribution in [1.29, 1.82) is 0 Å². The molecule has 1 aromatic rings. The van der Waals surface area contributed by atoms with Crippen molar-refractivity contribution in [2.24, 2.45) is 0 Å². The molecular weight excluding hydrogens is 248 g/mol. The summed E-state index contributed by atoms with van der Waals surface area (Å²) in [7, 11) is 0. The van der Waals surface area contributed by atoms with Crippen LogP contribution in [-0.2, 0) is 4.79 Å². The third kappa shape index (κ3) is 2.91. The average molecular weight is 268 g/mol. The Hall–Kier alpha value is -0.910. The maximum Gasteiger partial charge on any atom is 0.237 e. The van der Waals surface area contributed by atoms with Gasteiger partial charge < -0.3 is 15.7 Å². The first kappa shape index (κ1) is 13.5. The Morgan fingerprint density at radius 3 is 2.83 bits per heavy atom. The minimum Gasteiger partial charge on any atom is -0.392 e. The van der Waals surface area contributed by atoms with E-state index in [0.717, 1.165) is 0 Å². The van der Waals surface area contributed by atoms with Crippen LogP contribution >= 0.6 is 11.3 Å². The number of nitrogens with one attached hydrogen (secondary N) is 2. The Kier molecular flexibility index (Phi) is 4.04. The van der Waals surface area contributed by atoms with E-state index in [0.29, 0.717) is 13.0 Å². The summed E-state index contributed by atoms with van der Waals surface area (Å²) in [6, 6.07) is 1.88. The molecule has 0 radical (unpaired) electrons. The molecular formula is C13H20N2O2S. The smallest absolute Gasteiger partial charge is 0.237 e. The number of aryl methyl sites for hydroxylation is 2. The number of amides is 1. The van der Waals surface area contributed by atoms with Crippen molar-refractivity contribution in [2.75, 3.05) is 6.54 Å². The molecule has 1 aromatic heterocycles. The van der Waals surface area contributed by atoms with Crippen LogP contribution < -0.4 is 10.6 Å². The van der Waals surface area contributed by atoms with E-state index in [4.69, 9.17) is 0 Å². The summed E-state index contributed by atoms with van der Waals surface area (Å²) in [5, 5.41) is 15.4. The van der Waals surface area contributed by atoms with Gasteiger partial charge >= 0.3 is 0 Å². The third-order valence-corrected chi connectivity index (χ3v) is 4.31. The van der Waals surface area contributed by atoms with Gasteiger partial charge in [-0.3, -0.25) is 4.79 Å². The topological polar surface area (TPSA) is 61.4 Å². The van der Waals surface area contributed by atoms with E-state index in [1.165, 1.54) is 15.3 Å². The fourth-order valence-electron chi connectivity index (χ4n) is 2.39. The van der Waals surface area contributed by atoms with Gasteiger partial charge in [0.1, 0.15) is 0 Å². The number of carbonyl (C=O) groups is 1. The van der Waals surface area contributed by atoms with Crippen molar-refractivity contribution in [3.05, 3.63) is 21.4 Å². The first-order valence-electron chi connectivity index (χ1n) is 6.26. The van der Waals surface area contributed by atoms with Gasteiger partial charge in [-0.25, -0.2) is 0 Å². The standard InChI is InChI=1S/C13H20N2O2S/c1-7-4-11(9(3)18-7)8(2)15-13(17)12-5-10(16)6-14-12/h4,8,10,12,14,16H,5-6H2,1-3H3,(H,15,17)/t8-,10+,12+/m0/s1. The lowest BCUT2D eigenvalue weighted by molar-refractivity contribution is -0.123. The molecule has 3 N–H and O–H groups in total. The van der Waals surface area contributed by atoms with Crippen LogP contribution in [0.15, 0.2) is 6.07 Å². The average Bonchev–Trinajstić information content (AvgIpc) is 2.84. The van der Waals surface area contributed by atoms with Crippen molar-refractivity contribution in [3.8, 4) is 0 Å². The van der Waals surface area contributed by atoms with Gasteiger partial charge in [0, 0.05) is 16.3 Å². The maximum absolute atomic E-state index is 12.0. The monoisotopic (exact) mass is 268 g/mol. The van der Waals surface area contributed by atoms with Gasteiger partial charge in [-0.15, -0.1) is 11.3 Å². The molecule has 1 aliphatic heterocycles. The van der Waals surface area contributed by atoms with E-state index < -0.39 is 6.10 Å². The molecule has 1 amide bonds. The van der Waals surface area contributed by atoms with Crippen molar-refractivity contribution in [3.63, 3.8) is 0 Å². The van der Waals surface area contributed by atoms with Crippen LogP contribution in [0.3, 0.4) is 0 Å². The fourth-order valence-corrected chi connectivity index (χ4v) is 3.41. The SMILES string of the molecule is Cc1cc([C@H](C)NC(=O)[C@H]2C[C@@H](O)CN2)c(C)s1. The van der Waals surface area contributed by atoms with Gasteiger partial charge in [-0.1, -0.05) is 0 Å². The van der Waals surface area contributed by atoms with Gasteiger partial charge in [-0.05, 0) is 38.8 Å². The second-order valence-electron chi connectivity index (χ2n) is 4.95. The zero-order valence-corrected chi connectivity index (χ0v) is 11.8. The Morgan fingerprint density at radius 2 is 2.33 bits per heavy atom. The van der Waals surface area contributed by atoms with E-state index in [1.54, 1.807) is 11.3 Å². The molecule has 1 saturated heterocycles. The minimum atomic E-state index is -0.402. The number of carbonyl (C=O) groups excluding carboxylic acids is 1. The second-order valence-corrected chi connectivity index (χ2v) is 6.41. The van der Waals surface area contributed by atoms with Gasteiger partial charge in [0.25, 0.3) is 0 Å². The predicted octanol–water partition coefficient (Wildman–Crippen LogP) is 1.26. The van der Waals surface area contributed by atoms with Crippen LogP contribution in [-0.4, -0.2) is 29.7 Å². The Labute approximate surface area is 111 Å². The molecule has 18 heavy (non-hydrogen) atoms. The zero-order valence-electron chi connectivity index (χ0n) is 11.0. The lowest BCUT2D eigenvalue weighted by Crippen LogP contribution is -2.41. The molecule has 4 nitrogen and oxygen atoms in total. The molecule has 0 unspecified atom stereocenters. The van der Waals surface area contributed by atoms with Crippen molar-refractivity contribution < 1.29 is 9.90 Å². The highest BCUT2D eigenvalue weighted by Gasteiger charge is 2.29. The number of aliphatic hydroxyl groups excluding tert-OH is 1. The van der Waals surface area contributed by atoms with E-state index in [1.807, 2.05) is 6.92 Å². The summed E-state index contributed by atoms with van der Waals surface area (Å²) >= 11 is 1.75. The summed E-state index contributed by atoms with van der Waals surface area (Å²) in [4.78, 5) is 14.5. The van der Waals surface area contributed by atoms with Crippen LogP contribution in [0.4, 0.5) is 0 Å². The Bertz CT molecular complexity index is 444. The van der Waals surface area contributed by atoms with Crippen molar-refractivity contribution >= 4 is 17.2 Å². The highest BCUT2D eigenvalue weighted by molar-refractivity contribution is 7.12. The van der Waals surface area contributed by atoms with E-state index in [2.05, 4.69) is 30.5 Å². The summed E-state index contributed by atoms with van der Waals surface area (Å²) < 4.78 is 0. The van der Waals surface area contributed by atoms with E-state index >= 15 is 0 Å². The maximum atomic E-state index is 12.0. The molecule has 0 saturated carbocycles. The van der Waals surface area contributed by atoms with Crippen LogP contribution in [0.25, 0.3) is 0 Å². The Balaban J connectivity index is 1.97. The molecule has 2 heterocycles. The molecule has 0 aromatic carbocycles. The number of hydrogen-bond donors (Lipinski definition) is 3. The highest BCUT2D eigenvalue weighted by atomic mass is 32.1. The molecule has 100 valence electrons. The van der Waals surface area contributed by atoms with E-state index in [9.17, 15) is 9.90 Å². The number of hydrogen-bond acceptors (Lipinski definition) is 4. The number of aliphatic hydroxyl groups is 1. The van der Waals surface area contributed by atoms with Gasteiger partial charge in [0.15, 0.2) is 0 Å². The number of thiophene rings is 1. The number of rotatable bonds is 3. The summed E-state index contributed by atoms with van der Waals surface area (Å²) in [6.45, 7) is 6.65. The van der Waals surface area contributed by atoms with Crippen LogP contribution in [0.5, 0.6) is 0 Å². The fraction of sp³-hybridized carbons (Fsp3) is 0.615. The molecule has 5 heteroatoms. The second kappa shape index (κ2) is 5.38. The van der Waals surface area contributed by atoms with Gasteiger partial charge in [0.05, 0.1) is 18.2 Å². The van der Waals surface area contributed by atoms with Crippen LogP contribution in [0.2, 0.25) is 0 Å². The summed E-state index contributed by atoms with van der Waals surface area (Å²) in [5.74, 6) is -0.0256. The first-order chi connectivity index (χ1) is 8.47. The number of β-amino-alcohol motifs (C(OH)–C–C–N with tert-alkyl or cyclic N) is 1. The molecule has 3 atom stereocenters. The molecule has 2 rings (SSSR count). The quantitative estimate of drug-likeness (QED) is 0.773. The first-order valence-corrected chi connectivity index (χ1v) is 7.07. The van der Waals surface area contributed by atoms with Crippen LogP contribution in [0.1, 0.15) is 34.7 Å². The summed E-state index contributed by atoms with van der Waals surface area (Å²) in [5.41, 5.74) is 1.18. The minimum absolute atomic E-state index is 0.0157. The normalized spacial score (nSPS) is 25.1. The Morgan fingerprint density at radius 1 is 1.61 bits per heavy atom. The summed E-state index contributed by atoms with van der Waals surface area (Å²) in [6.07, 6.45) is 0.0985. The largest absolute Gasteiger partial charge is 0.392 e. The molecule has 1 fully saturated rings. The van der Waals surface area contributed by atoms with Crippen molar-refractivity contribution in [2.45, 2.75) is 45.4 Å². The predicted molar refractivity (Wildman–Crippen MR) is 72.8 cm³/mol. The molecule has 0 aliphatic carbocycles. The molecule has 0 spiro atoms. The lowest BCUT2D eigenvalue weighted by Gasteiger charge is -2.17. The van der Waals surface area contributed by atoms with E-state index in [-0.39, 0.29) is 18.0 Å². The zero-order chi connectivity index (χ0) is 13.3. The molecule has 0 bridgehead atoms. The van der Waals surface area contributed by atoms with Gasteiger partial charge in [0.2, 0.25) is 5.91 Å². The highest BCUT2D eigenvalue weighted by Crippen LogP contribution is 2.26. The third-order valence-electron chi connectivity index (χ3n) is 3.33. The van der Waals surface area contributed by atoms with Crippen molar-refractivity contribution in [1.82, 2.24) is 10.6 Å². The van der Waals surface area contributed by atoms with Gasteiger partial charge in [-0.2, -0.15) is 0 Å². The lowest BCUT2D eigenvalue weighted by atomic mass is 10.1. The molecule has 1 aliphatic rings.